The molecule has 2 aromatic heterocycles. The van der Waals surface area contributed by atoms with Crippen molar-refractivity contribution in [3.05, 3.63) is 107 Å². The van der Waals surface area contributed by atoms with Crippen LogP contribution >= 0.6 is 0 Å². The maximum absolute atomic E-state index is 14.1. The summed E-state index contributed by atoms with van der Waals surface area (Å²) in [6, 6.07) is 16.7. The number of hydrogen-bond donors (Lipinski definition) is 5. The summed E-state index contributed by atoms with van der Waals surface area (Å²) < 4.78 is 33.2. The first-order chi connectivity index (χ1) is 38.5. The second-order valence-corrected chi connectivity index (χ2v) is 19.3. The Bertz CT molecular complexity index is 3040. The van der Waals surface area contributed by atoms with E-state index in [0.717, 1.165) is 68.8 Å². The first-order valence-electron chi connectivity index (χ1n) is 26.9. The van der Waals surface area contributed by atoms with E-state index in [0.29, 0.717) is 64.1 Å². The fourth-order valence-electron chi connectivity index (χ4n) is 9.18. The number of benzene rings is 3. The summed E-state index contributed by atoms with van der Waals surface area (Å²) >= 11 is 0. The largest absolute Gasteiger partial charge is 0.497 e. The van der Waals surface area contributed by atoms with Gasteiger partial charge in [0.15, 0.2) is 12.2 Å². The first-order valence-corrected chi connectivity index (χ1v) is 26.9. The minimum absolute atomic E-state index is 0.0692. The number of likely N-dealkylation sites (N-methyl/N-ethyl adjacent to an activating group) is 1. The number of carbonyl (C=O) groups excluding carboxylic acids is 7. The molecular formula is C58H71N9O13. The van der Waals surface area contributed by atoms with Crippen molar-refractivity contribution >= 4 is 64.7 Å². The normalized spacial score (nSPS) is 14.2. The van der Waals surface area contributed by atoms with Crippen LogP contribution in [0.25, 0.3) is 22.8 Å². The van der Waals surface area contributed by atoms with Crippen molar-refractivity contribution in [1.82, 2.24) is 35.2 Å². The van der Waals surface area contributed by atoms with E-state index in [9.17, 15) is 33.6 Å². The zero-order valence-corrected chi connectivity index (χ0v) is 46.4. The number of urea groups is 1. The lowest BCUT2D eigenvalue weighted by atomic mass is 10.0. The lowest BCUT2D eigenvalue weighted by Gasteiger charge is -2.25. The number of aromatic amines is 2. The summed E-state index contributed by atoms with van der Waals surface area (Å²) in [5.41, 5.74) is 6.46. The molecule has 0 bridgehead atoms. The number of rotatable bonds is 27. The summed E-state index contributed by atoms with van der Waals surface area (Å²) in [5.74, 6) is -3.09. The summed E-state index contributed by atoms with van der Waals surface area (Å²) in [7, 11) is 1.54. The Labute approximate surface area is 464 Å². The molecule has 5 aromatic rings. The fourth-order valence-corrected chi connectivity index (χ4v) is 9.18. The molecule has 0 radical (unpaired) electrons. The van der Waals surface area contributed by atoms with Crippen LogP contribution in [0.1, 0.15) is 91.8 Å². The number of fused-ring (bicyclic) bond motifs is 1. The van der Waals surface area contributed by atoms with Crippen LogP contribution in [0.4, 0.5) is 16.2 Å². The first kappa shape index (κ1) is 59.2. The molecule has 22 heteroatoms. The number of nitrogens with zero attached hydrogens (tertiary/aromatic N) is 4. The number of hydrogen-bond acceptors (Lipinski definition) is 16. The maximum Gasteiger partial charge on any atom is 0.347 e. The second kappa shape index (κ2) is 28.4. The summed E-state index contributed by atoms with van der Waals surface area (Å²) in [6.07, 6.45) is 3.64. The quantitative estimate of drug-likeness (QED) is 0.0155. The molecule has 1 fully saturated rings. The molecule has 0 spiro atoms. The van der Waals surface area contributed by atoms with E-state index < -0.39 is 55.0 Å². The molecule has 5 N–H and O–H groups in total. The number of esters is 4. The van der Waals surface area contributed by atoms with Gasteiger partial charge in [0.05, 0.1) is 49.5 Å². The molecule has 0 saturated carbocycles. The maximum atomic E-state index is 14.1. The molecule has 22 nitrogen and oxygen atoms in total. The smallest absolute Gasteiger partial charge is 0.347 e. The van der Waals surface area contributed by atoms with Gasteiger partial charge in [0, 0.05) is 60.6 Å². The topological polar surface area (TPSA) is 265 Å². The number of aryl methyl sites for hydroxylation is 1. The number of ether oxygens (including phenoxy) is 6. The SMILES string of the molecule is CCN(CC)CCNC(=O)c1c(C)[nH]c(/C=C2\C(=O)Nc3ccc(OC(=O)CCC(=O)OC(C)C(=O)OC(C)C(=O)OCCN(Cc4cccc(OC)c4)C(=O)Nc4ccc(-c5cn[nH]c5)cc4OCCN4CCCC4)cc32)c1C. The molecule has 1 saturated heterocycles. The predicted octanol–water partition coefficient (Wildman–Crippen LogP) is 6.90. The van der Waals surface area contributed by atoms with Crippen LogP contribution in [-0.4, -0.2) is 156 Å². The van der Waals surface area contributed by atoms with Crippen LogP contribution in [0, 0.1) is 13.8 Å². The van der Waals surface area contributed by atoms with E-state index in [1.807, 2.05) is 18.2 Å². The van der Waals surface area contributed by atoms with Crippen molar-refractivity contribution in [2.45, 2.75) is 86.0 Å². The molecule has 4 amide bonds. The van der Waals surface area contributed by atoms with Gasteiger partial charge in [-0.2, -0.15) is 5.10 Å². The van der Waals surface area contributed by atoms with Crippen molar-refractivity contribution in [2.24, 2.45) is 0 Å². The molecule has 2 aliphatic rings. The average molecular weight is 1100 g/mol. The van der Waals surface area contributed by atoms with E-state index >= 15 is 0 Å². The van der Waals surface area contributed by atoms with Gasteiger partial charge in [-0.1, -0.05) is 32.0 Å². The molecule has 0 aliphatic carbocycles. The minimum atomic E-state index is -1.46. The van der Waals surface area contributed by atoms with E-state index in [1.54, 1.807) is 62.6 Å². The lowest BCUT2D eigenvalue weighted by Crippen LogP contribution is -2.38. The third kappa shape index (κ3) is 16.1. The van der Waals surface area contributed by atoms with E-state index in [4.69, 9.17) is 28.4 Å². The molecule has 7 rings (SSSR count). The van der Waals surface area contributed by atoms with Crippen LogP contribution in [0.2, 0.25) is 0 Å². The molecule has 80 heavy (non-hydrogen) atoms. The van der Waals surface area contributed by atoms with E-state index in [1.165, 1.54) is 38.0 Å². The van der Waals surface area contributed by atoms with Gasteiger partial charge in [-0.15, -0.1) is 0 Å². The molecule has 2 atom stereocenters. The monoisotopic (exact) mass is 1100 g/mol. The van der Waals surface area contributed by atoms with Crippen LogP contribution in [0.15, 0.2) is 73.1 Å². The highest BCUT2D eigenvalue weighted by Gasteiger charge is 2.29. The zero-order valence-electron chi connectivity index (χ0n) is 46.4. The van der Waals surface area contributed by atoms with E-state index in [2.05, 4.69) is 54.8 Å². The second-order valence-electron chi connectivity index (χ2n) is 19.3. The Hall–Kier alpha value is -8.50. The van der Waals surface area contributed by atoms with Crippen molar-refractivity contribution < 1.29 is 62.0 Å². The third-order valence-electron chi connectivity index (χ3n) is 13.7. The Morgan fingerprint density at radius 1 is 0.850 bits per heavy atom. The fraction of sp³-hybridized carbons (Fsp3) is 0.414. The number of carbonyl (C=O) groups is 7. The number of H-pyrrole nitrogens is 2. The number of nitrogens with one attached hydrogen (secondary N) is 5. The van der Waals surface area contributed by atoms with Gasteiger partial charge in [0.25, 0.3) is 11.8 Å². The number of likely N-dealkylation sites (tertiary alicyclic amines) is 1. The molecule has 2 aliphatic heterocycles. The van der Waals surface area contributed by atoms with Gasteiger partial charge in [-0.3, -0.25) is 29.2 Å². The highest BCUT2D eigenvalue weighted by atomic mass is 16.6. The van der Waals surface area contributed by atoms with Crippen LogP contribution in [0.3, 0.4) is 0 Å². The Morgan fingerprint density at radius 3 is 2.35 bits per heavy atom. The number of anilines is 2. The van der Waals surface area contributed by atoms with Crippen molar-refractivity contribution in [2.75, 3.05) is 83.3 Å². The lowest BCUT2D eigenvalue weighted by molar-refractivity contribution is -0.177. The number of methoxy groups -OCH3 is 1. The third-order valence-corrected chi connectivity index (χ3v) is 13.7. The van der Waals surface area contributed by atoms with Gasteiger partial charge >= 0.3 is 29.9 Å². The average Bonchev–Trinajstić information content (AvgIpc) is 4.31. The Morgan fingerprint density at radius 2 is 1.61 bits per heavy atom. The molecule has 2 unspecified atom stereocenters. The molecule has 426 valence electrons. The van der Waals surface area contributed by atoms with Crippen molar-refractivity contribution in [1.29, 1.82) is 0 Å². The predicted molar refractivity (Wildman–Crippen MR) is 298 cm³/mol. The Balaban J connectivity index is 0.883. The summed E-state index contributed by atoms with van der Waals surface area (Å²) in [4.78, 5) is 101. The van der Waals surface area contributed by atoms with Gasteiger partial charge in [0.1, 0.15) is 30.5 Å². The van der Waals surface area contributed by atoms with Crippen LogP contribution in [0.5, 0.6) is 17.2 Å². The highest BCUT2D eigenvalue weighted by molar-refractivity contribution is 6.35. The van der Waals surface area contributed by atoms with Gasteiger partial charge in [-0.05, 0) is 132 Å². The van der Waals surface area contributed by atoms with E-state index in [-0.39, 0.29) is 42.8 Å². The van der Waals surface area contributed by atoms with Crippen molar-refractivity contribution in [3.63, 3.8) is 0 Å². The highest BCUT2D eigenvalue weighted by Crippen LogP contribution is 2.37. The van der Waals surface area contributed by atoms with Gasteiger partial charge in [0.2, 0.25) is 0 Å². The Kier molecular flexibility index (Phi) is 21.0. The van der Waals surface area contributed by atoms with Crippen LogP contribution in [-0.2, 0) is 44.7 Å². The molecule has 4 heterocycles. The molecular weight excluding hydrogens is 1030 g/mol. The van der Waals surface area contributed by atoms with Gasteiger partial charge in [-0.25, -0.2) is 14.4 Å². The standard InChI is InChI=1S/C58H71N9O13/c1-8-65(9-2)24-21-59-55(71)53-36(3)49(62-37(53)4)32-46-45-31-44(16-18-47(45)63-54(46)70)80-52(69)20-19-51(68)78-39(6)57(73)79-38(5)56(72)77-28-26-67(35-40-13-12-14-43(29-40)75-7)58(74)64-48-17-15-41(42-33-60-61-34-42)30-50(48)76-27-25-66-22-10-11-23-66/h12-18,29-34,38-39,62H,8-11,19-28,35H2,1-7H3,(H,59,71)(H,60,61)(H,63,70)(H,64,74)/b46-32-. The van der Waals surface area contributed by atoms with Gasteiger partial charge < -0.3 is 59.2 Å². The van der Waals surface area contributed by atoms with Crippen molar-refractivity contribution in [3.8, 4) is 28.4 Å². The van der Waals surface area contributed by atoms with Crippen LogP contribution < -0.4 is 30.2 Å². The minimum Gasteiger partial charge on any atom is -0.497 e. The summed E-state index contributed by atoms with van der Waals surface area (Å²) in [5, 5.41) is 15.6. The number of amides is 4. The molecule has 3 aromatic carbocycles. The zero-order chi connectivity index (χ0) is 57.3. The number of aromatic nitrogens is 3. The summed E-state index contributed by atoms with van der Waals surface area (Å²) in [6.45, 7) is 16.1.